The van der Waals surface area contributed by atoms with Gasteiger partial charge < -0.3 is 10.6 Å². The van der Waals surface area contributed by atoms with Gasteiger partial charge in [0, 0.05) is 16.9 Å². The molecule has 142 valence electrons. The van der Waals surface area contributed by atoms with Crippen LogP contribution < -0.4 is 10.6 Å². The van der Waals surface area contributed by atoms with Crippen molar-refractivity contribution >= 4 is 23.2 Å². The largest absolute Gasteiger partial charge is 0.326 e. The van der Waals surface area contributed by atoms with Crippen molar-refractivity contribution in [2.75, 3.05) is 10.6 Å². The van der Waals surface area contributed by atoms with Crippen LogP contribution in [0.3, 0.4) is 0 Å². The number of halogens is 1. The zero-order valence-electron chi connectivity index (χ0n) is 15.5. The van der Waals surface area contributed by atoms with E-state index in [9.17, 15) is 14.0 Å². The highest BCUT2D eigenvalue weighted by molar-refractivity contribution is 6.04. The van der Waals surface area contributed by atoms with Crippen molar-refractivity contribution in [2.24, 2.45) is 0 Å². The molecule has 0 heterocycles. The van der Waals surface area contributed by atoms with Crippen LogP contribution in [0.1, 0.15) is 35.2 Å². The molecule has 1 atom stereocenters. The molecular weight excluding hydrogens is 355 g/mol. The number of anilines is 2. The molecule has 3 rings (SSSR count). The summed E-state index contributed by atoms with van der Waals surface area (Å²) in [4.78, 5) is 24.9. The number of carbonyl (C=O) groups excluding carboxylic acids is 2. The smallest absolute Gasteiger partial charge is 0.255 e. The van der Waals surface area contributed by atoms with Crippen molar-refractivity contribution < 1.29 is 14.0 Å². The summed E-state index contributed by atoms with van der Waals surface area (Å²) in [5.41, 5.74) is 2.55. The first-order valence-corrected chi connectivity index (χ1v) is 9.09. The summed E-state index contributed by atoms with van der Waals surface area (Å²) in [6.07, 6.45) is 0.688. The first-order valence-electron chi connectivity index (χ1n) is 9.09. The van der Waals surface area contributed by atoms with Crippen LogP contribution in [0.25, 0.3) is 0 Å². The summed E-state index contributed by atoms with van der Waals surface area (Å²) < 4.78 is 12.9. The average Bonchev–Trinajstić information content (AvgIpc) is 2.71. The zero-order chi connectivity index (χ0) is 19.9. The Balaban J connectivity index is 1.64. The number of rotatable bonds is 6. The third kappa shape index (κ3) is 4.82. The van der Waals surface area contributed by atoms with E-state index in [1.54, 1.807) is 24.3 Å². The van der Waals surface area contributed by atoms with Gasteiger partial charge in [0.15, 0.2) is 0 Å². The Morgan fingerprint density at radius 3 is 2.00 bits per heavy atom. The number of carbonyl (C=O) groups is 2. The molecule has 0 bridgehead atoms. The second-order valence-corrected chi connectivity index (χ2v) is 6.40. The van der Waals surface area contributed by atoms with Crippen LogP contribution in [-0.2, 0) is 4.79 Å². The van der Waals surface area contributed by atoms with Crippen molar-refractivity contribution in [1.29, 1.82) is 0 Å². The molecule has 0 spiro atoms. The van der Waals surface area contributed by atoms with Crippen LogP contribution in [0.15, 0.2) is 78.9 Å². The van der Waals surface area contributed by atoms with Gasteiger partial charge in [0.25, 0.3) is 5.91 Å². The Hall–Kier alpha value is -3.47. The van der Waals surface area contributed by atoms with Gasteiger partial charge >= 0.3 is 0 Å². The van der Waals surface area contributed by atoms with Crippen LogP contribution in [0.4, 0.5) is 15.8 Å². The fourth-order valence-corrected chi connectivity index (χ4v) is 2.93. The Bertz CT molecular complexity index is 939. The van der Waals surface area contributed by atoms with Gasteiger partial charge in [-0.05, 0) is 60.5 Å². The van der Waals surface area contributed by atoms with Crippen molar-refractivity contribution in [3.8, 4) is 0 Å². The molecule has 0 saturated heterocycles. The fourth-order valence-electron chi connectivity index (χ4n) is 2.93. The fraction of sp³-hybridized carbons (Fsp3) is 0.130. The Kier molecular flexibility index (Phi) is 6.17. The van der Waals surface area contributed by atoms with Crippen LogP contribution in [0.5, 0.6) is 0 Å². The minimum absolute atomic E-state index is 0.0859. The lowest BCUT2D eigenvalue weighted by atomic mass is 9.95. The summed E-state index contributed by atoms with van der Waals surface area (Å²) >= 11 is 0. The minimum Gasteiger partial charge on any atom is -0.326 e. The predicted molar refractivity (Wildman–Crippen MR) is 109 cm³/mol. The molecular formula is C23H21FN2O2. The quantitative estimate of drug-likeness (QED) is 0.620. The molecule has 0 aliphatic rings. The molecule has 0 aromatic heterocycles. The maximum absolute atomic E-state index is 12.9. The molecule has 2 N–H and O–H groups in total. The molecule has 3 aromatic carbocycles. The highest BCUT2D eigenvalue weighted by Gasteiger charge is 2.18. The second kappa shape index (κ2) is 8.95. The highest BCUT2D eigenvalue weighted by Crippen LogP contribution is 2.22. The van der Waals surface area contributed by atoms with Gasteiger partial charge in [-0.15, -0.1) is 0 Å². The van der Waals surface area contributed by atoms with Crippen LogP contribution in [0.2, 0.25) is 0 Å². The normalized spacial score (nSPS) is 11.5. The third-order valence-electron chi connectivity index (χ3n) is 4.44. The minimum atomic E-state index is -0.362. The lowest BCUT2D eigenvalue weighted by Gasteiger charge is -2.15. The lowest BCUT2D eigenvalue weighted by molar-refractivity contribution is -0.117. The molecule has 2 amide bonds. The molecule has 0 radical (unpaired) electrons. The Morgan fingerprint density at radius 2 is 1.39 bits per heavy atom. The summed E-state index contributed by atoms with van der Waals surface area (Å²) in [6, 6.07) is 21.8. The first-order chi connectivity index (χ1) is 13.6. The molecule has 0 aliphatic carbocycles. The van der Waals surface area contributed by atoms with Crippen LogP contribution in [-0.4, -0.2) is 11.8 Å². The highest BCUT2D eigenvalue weighted by atomic mass is 19.1. The average molecular weight is 376 g/mol. The number of amides is 2. The number of hydrogen-bond acceptors (Lipinski definition) is 2. The first kappa shape index (κ1) is 19.3. The maximum Gasteiger partial charge on any atom is 0.255 e. The molecule has 4 nitrogen and oxygen atoms in total. The Morgan fingerprint density at radius 1 is 0.821 bits per heavy atom. The van der Waals surface area contributed by atoms with E-state index >= 15 is 0 Å². The predicted octanol–water partition coefficient (Wildman–Crippen LogP) is 5.21. The molecule has 5 heteroatoms. The Labute approximate surface area is 163 Å². The van der Waals surface area contributed by atoms with Gasteiger partial charge in [-0.25, -0.2) is 4.39 Å². The third-order valence-corrected chi connectivity index (χ3v) is 4.44. The zero-order valence-corrected chi connectivity index (χ0v) is 15.5. The maximum atomic E-state index is 12.9. The summed E-state index contributed by atoms with van der Waals surface area (Å²) in [7, 11) is 0. The lowest BCUT2D eigenvalue weighted by Crippen LogP contribution is -2.20. The van der Waals surface area contributed by atoms with E-state index in [0.717, 1.165) is 5.56 Å². The summed E-state index contributed by atoms with van der Waals surface area (Å²) in [5, 5.41) is 5.60. The van der Waals surface area contributed by atoms with Gasteiger partial charge in [-0.3, -0.25) is 9.59 Å². The van der Waals surface area contributed by atoms with E-state index in [2.05, 4.69) is 10.6 Å². The van der Waals surface area contributed by atoms with Crippen molar-refractivity contribution in [1.82, 2.24) is 0 Å². The van der Waals surface area contributed by atoms with Crippen molar-refractivity contribution in [2.45, 2.75) is 19.3 Å². The number of hydrogen-bond donors (Lipinski definition) is 2. The van der Waals surface area contributed by atoms with Gasteiger partial charge in [-0.1, -0.05) is 37.3 Å². The van der Waals surface area contributed by atoms with Gasteiger partial charge in [0.2, 0.25) is 5.91 Å². The van der Waals surface area contributed by atoms with E-state index in [1.807, 2.05) is 37.3 Å². The van der Waals surface area contributed by atoms with E-state index in [-0.39, 0.29) is 23.5 Å². The molecule has 0 saturated carbocycles. The summed E-state index contributed by atoms with van der Waals surface area (Å²) in [5.74, 6) is -0.987. The number of benzene rings is 3. The SMILES string of the molecule is CC[C@H](C(=O)Nc1ccc(C(=O)Nc2ccc(F)cc2)cc1)c1ccccc1. The van der Waals surface area contributed by atoms with E-state index in [4.69, 9.17) is 0 Å². The van der Waals surface area contributed by atoms with Gasteiger partial charge in [0.1, 0.15) is 5.82 Å². The summed E-state index contributed by atoms with van der Waals surface area (Å²) in [6.45, 7) is 1.97. The molecule has 28 heavy (non-hydrogen) atoms. The van der Waals surface area contributed by atoms with Crippen LogP contribution in [0, 0.1) is 5.82 Å². The molecule has 0 unspecified atom stereocenters. The van der Waals surface area contributed by atoms with Gasteiger partial charge in [0.05, 0.1) is 5.92 Å². The van der Waals surface area contributed by atoms with Crippen molar-refractivity contribution in [3.63, 3.8) is 0 Å². The topological polar surface area (TPSA) is 58.2 Å². The molecule has 0 fully saturated rings. The van der Waals surface area contributed by atoms with E-state index in [0.29, 0.717) is 23.4 Å². The van der Waals surface area contributed by atoms with E-state index in [1.165, 1.54) is 24.3 Å². The van der Waals surface area contributed by atoms with Crippen molar-refractivity contribution in [3.05, 3.63) is 95.8 Å². The van der Waals surface area contributed by atoms with Gasteiger partial charge in [-0.2, -0.15) is 0 Å². The second-order valence-electron chi connectivity index (χ2n) is 6.40. The molecule has 3 aromatic rings. The monoisotopic (exact) mass is 376 g/mol. The standard InChI is InChI=1S/C23H21FN2O2/c1-2-21(16-6-4-3-5-7-16)23(28)26-19-12-8-17(9-13-19)22(27)25-20-14-10-18(24)11-15-20/h3-15,21H,2H2,1H3,(H,25,27)(H,26,28)/t21-/m0/s1. The molecule has 0 aliphatic heterocycles. The van der Waals surface area contributed by atoms with E-state index < -0.39 is 0 Å². The number of nitrogens with one attached hydrogen (secondary N) is 2. The van der Waals surface area contributed by atoms with Crippen LogP contribution >= 0.6 is 0 Å².